The van der Waals surface area contributed by atoms with Gasteiger partial charge in [-0.3, -0.25) is 4.79 Å². The van der Waals surface area contributed by atoms with Crippen molar-refractivity contribution in [2.75, 3.05) is 51.0 Å². The smallest absolute Gasteiger partial charge is 0.412 e. The normalized spacial score (nSPS) is 14.6. The lowest BCUT2D eigenvalue weighted by atomic mass is 10.0. The summed E-state index contributed by atoms with van der Waals surface area (Å²) in [6.45, 7) is 7.10. The van der Waals surface area contributed by atoms with Crippen LogP contribution in [-0.2, 0) is 16.0 Å². The molecule has 1 fully saturated rings. The van der Waals surface area contributed by atoms with Crippen LogP contribution >= 0.6 is 0 Å². The molecule has 0 bridgehead atoms. The summed E-state index contributed by atoms with van der Waals surface area (Å²) in [4.78, 5) is 50.8. The number of hydrogen-bond donors (Lipinski definition) is 3. The molecule has 0 unspecified atom stereocenters. The fourth-order valence-corrected chi connectivity index (χ4v) is 4.41. The number of nitrogens with zero attached hydrogens (tertiary/aromatic N) is 4. The topological polar surface area (TPSA) is 152 Å². The summed E-state index contributed by atoms with van der Waals surface area (Å²) in [7, 11) is 3.34. The minimum Gasteiger partial charge on any atom is -0.467 e. The largest absolute Gasteiger partial charge is 0.467 e. The number of nitrogen functional groups attached to an aromatic ring is 1. The van der Waals surface area contributed by atoms with Gasteiger partial charge in [0.2, 0.25) is 5.95 Å². The van der Waals surface area contributed by atoms with E-state index >= 15 is 0 Å². The molecule has 1 atom stereocenters. The van der Waals surface area contributed by atoms with Gasteiger partial charge in [-0.15, -0.1) is 0 Å². The molecule has 12 nitrogen and oxygen atoms in total. The van der Waals surface area contributed by atoms with E-state index in [1.165, 1.54) is 7.11 Å². The minimum atomic E-state index is -0.944. The zero-order valence-corrected chi connectivity index (χ0v) is 23.1. The van der Waals surface area contributed by atoms with Crippen LogP contribution in [0.25, 0.3) is 10.9 Å². The third-order valence-corrected chi connectivity index (χ3v) is 6.53. The number of carbonyl (C=O) groups is 3. The zero-order valence-electron chi connectivity index (χ0n) is 23.1. The van der Waals surface area contributed by atoms with Gasteiger partial charge in [-0.05, 0) is 56.8 Å². The molecule has 0 radical (unpaired) electrons. The van der Waals surface area contributed by atoms with Crippen molar-refractivity contribution >= 4 is 40.6 Å². The third-order valence-electron chi connectivity index (χ3n) is 6.53. The first-order valence-electron chi connectivity index (χ1n) is 13.1. The van der Waals surface area contributed by atoms with Crippen LogP contribution in [0, 0.1) is 0 Å². The SMILES string of the molecule is COC(=O)[C@H](Cc1ccc(OC(=O)NC(C)C)cc1)NC(=O)c1ccc2c(N3CCN(C)CC3)nc(N)nc2c1. The molecule has 12 heteroatoms. The number of esters is 1. The summed E-state index contributed by atoms with van der Waals surface area (Å²) in [5.74, 6) is 0.175. The van der Waals surface area contributed by atoms with Crippen molar-refractivity contribution in [1.82, 2.24) is 25.5 Å². The Hall–Kier alpha value is -4.45. The van der Waals surface area contributed by atoms with Crippen LogP contribution in [0.15, 0.2) is 42.5 Å². The first-order valence-corrected chi connectivity index (χ1v) is 13.1. The van der Waals surface area contributed by atoms with Crippen LogP contribution in [0.3, 0.4) is 0 Å². The number of piperazine rings is 1. The summed E-state index contributed by atoms with van der Waals surface area (Å²) in [6.07, 6.45) is -0.381. The maximum atomic E-state index is 13.2. The summed E-state index contributed by atoms with van der Waals surface area (Å²) >= 11 is 0. The van der Waals surface area contributed by atoms with E-state index in [0.717, 1.165) is 42.9 Å². The molecule has 2 amide bonds. The second kappa shape index (κ2) is 12.6. The molecule has 1 aromatic heterocycles. The predicted molar refractivity (Wildman–Crippen MR) is 151 cm³/mol. The summed E-state index contributed by atoms with van der Waals surface area (Å²) in [5, 5.41) is 6.20. The van der Waals surface area contributed by atoms with Gasteiger partial charge >= 0.3 is 12.1 Å². The van der Waals surface area contributed by atoms with Gasteiger partial charge in [-0.1, -0.05) is 12.1 Å². The van der Waals surface area contributed by atoms with Crippen LogP contribution in [0.2, 0.25) is 0 Å². The molecule has 1 aliphatic heterocycles. The van der Waals surface area contributed by atoms with Crippen molar-refractivity contribution in [1.29, 1.82) is 0 Å². The van der Waals surface area contributed by atoms with E-state index in [1.807, 2.05) is 13.8 Å². The van der Waals surface area contributed by atoms with Crippen molar-refractivity contribution < 1.29 is 23.9 Å². The van der Waals surface area contributed by atoms with Crippen molar-refractivity contribution in [2.45, 2.75) is 32.4 Å². The molecule has 2 heterocycles. The average molecular weight is 550 g/mol. The molecule has 0 aliphatic carbocycles. The van der Waals surface area contributed by atoms with Crippen LogP contribution in [0.4, 0.5) is 16.6 Å². The Balaban J connectivity index is 1.48. The number of hydrogen-bond acceptors (Lipinski definition) is 10. The Morgan fingerprint density at radius 1 is 1.00 bits per heavy atom. The first-order chi connectivity index (χ1) is 19.1. The lowest BCUT2D eigenvalue weighted by molar-refractivity contribution is -0.142. The van der Waals surface area contributed by atoms with E-state index in [-0.39, 0.29) is 18.4 Å². The number of fused-ring (bicyclic) bond motifs is 1. The van der Waals surface area contributed by atoms with Gasteiger partial charge in [0.25, 0.3) is 5.91 Å². The first kappa shape index (κ1) is 28.6. The second-order valence-corrected chi connectivity index (χ2v) is 10.0. The maximum absolute atomic E-state index is 13.2. The van der Waals surface area contributed by atoms with Gasteiger partial charge in [0.1, 0.15) is 17.6 Å². The van der Waals surface area contributed by atoms with Crippen molar-refractivity contribution in [3.63, 3.8) is 0 Å². The van der Waals surface area contributed by atoms with E-state index in [9.17, 15) is 14.4 Å². The Kier molecular flexibility index (Phi) is 9.00. The Labute approximate surface area is 232 Å². The molecule has 3 aromatic rings. The molecular formula is C28H35N7O5. The Morgan fingerprint density at radius 3 is 2.35 bits per heavy atom. The van der Waals surface area contributed by atoms with Gasteiger partial charge in [0.05, 0.1) is 12.6 Å². The zero-order chi connectivity index (χ0) is 28.8. The molecular weight excluding hydrogens is 514 g/mol. The number of carbonyl (C=O) groups excluding carboxylic acids is 3. The second-order valence-electron chi connectivity index (χ2n) is 10.0. The Morgan fingerprint density at radius 2 is 1.70 bits per heavy atom. The van der Waals surface area contributed by atoms with E-state index in [1.54, 1.807) is 42.5 Å². The van der Waals surface area contributed by atoms with Crippen molar-refractivity contribution in [3.05, 3.63) is 53.6 Å². The van der Waals surface area contributed by atoms with E-state index < -0.39 is 24.0 Å². The number of nitrogens with one attached hydrogen (secondary N) is 2. The molecule has 212 valence electrons. The number of ether oxygens (including phenoxy) is 2. The fraction of sp³-hybridized carbons (Fsp3) is 0.393. The van der Waals surface area contributed by atoms with Crippen molar-refractivity contribution in [3.8, 4) is 5.75 Å². The number of nitrogens with two attached hydrogens (primary N) is 1. The minimum absolute atomic E-state index is 0.0531. The number of methoxy groups -OCH3 is 1. The van der Waals surface area contributed by atoms with Crippen LogP contribution in [0.1, 0.15) is 29.8 Å². The molecule has 4 N–H and O–H groups in total. The van der Waals surface area contributed by atoms with Gasteiger partial charge in [-0.2, -0.15) is 4.98 Å². The van der Waals surface area contributed by atoms with Gasteiger partial charge in [0.15, 0.2) is 0 Å². The fourth-order valence-electron chi connectivity index (χ4n) is 4.41. The van der Waals surface area contributed by atoms with Crippen LogP contribution < -0.4 is 26.0 Å². The number of anilines is 2. The number of aromatic nitrogens is 2. The summed E-state index contributed by atoms with van der Waals surface area (Å²) in [5.41, 5.74) is 7.62. The molecule has 0 spiro atoms. The van der Waals surface area contributed by atoms with Gasteiger partial charge < -0.3 is 35.6 Å². The molecule has 1 aliphatic rings. The highest BCUT2D eigenvalue weighted by molar-refractivity contribution is 6.01. The average Bonchev–Trinajstić information content (AvgIpc) is 2.92. The molecule has 0 saturated carbocycles. The van der Waals surface area contributed by atoms with Crippen molar-refractivity contribution in [2.24, 2.45) is 0 Å². The monoisotopic (exact) mass is 549 g/mol. The highest BCUT2D eigenvalue weighted by Crippen LogP contribution is 2.26. The van der Waals surface area contributed by atoms with Crippen LogP contribution in [-0.4, -0.2) is 85.3 Å². The lowest BCUT2D eigenvalue weighted by Crippen LogP contribution is -2.45. The Bertz CT molecular complexity index is 1370. The standard InChI is InChI=1S/C28H35N7O5/c1-17(2)30-28(38)40-20-8-5-18(6-9-20)15-23(26(37)39-4)31-25(36)19-7-10-21-22(16-19)32-27(29)33-24(21)35-13-11-34(3)12-14-35/h5-10,16-17,23H,11-15H2,1-4H3,(H,30,38)(H,31,36)(H2,29,32,33)/t23-/m0/s1. The van der Waals surface area contributed by atoms with Gasteiger partial charge in [-0.25, -0.2) is 14.6 Å². The highest BCUT2D eigenvalue weighted by Gasteiger charge is 2.24. The third kappa shape index (κ3) is 7.14. The predicted octanol–water partition coefficient (Wildman–Crippen LogP) is 1.97. The van der Waals surface area contributed by atoms with E-state index in [2.05, 4.69) is 37.4 Å². The number of benzene rings is 2. The molecule has 2 aromatic carbocycles. The quantitative estimate of drug-likeness (QED) is 0.356. The molecule has 4 rings (SSSR count). The maximum Gasteiger partial charge on any atom is 0.412 e. The summed E-state index contributed by atoms with van der Waals surface area (Å²) in [6, 6.07) is 10.8. The number of amides is 2. The van der Waals surface area contributed by atoms with E-state index in [4.69, 9.17) is 15.2 Å². The molecule has 1 saturated heterocycles. The molecule has 40 heavy (non-hydrogen) atoms. The number of likely N-dealkylation sites (N-methyl/N-ethyl adjacent to an activating group) is 1. The number of rotatable bonds is 8. The lowest BCUT2D eigenvalue weighted by Gasteiger charge is -2.33. The van der Waals surface area contributed by atoms with Gasteiger partial charge in [0, 0.05) is 49.6 Å². The summed E-state index contributed by atoms with van der Waals surface area (Å²) < 4.78 is 10.2. The highest BCUT2D eigenvalue weighted by atomic mass is 16.6. The van der Waals surface area contributed by atoms with Crippen LogP contribution in [0.5, 0.6) is 5.75 Å². The van der Waals surface area contributed by atoms with E-state index in [0.29, 0.717) is 16.8 Å².